The minimum atomic E-state index is -4.64. The molecule has 1 unspecified atom stereocenters. The SMILES string of the molecule is CC(C)(C)C(Cl)CCc1ccc(OC(F)(F)F)cc1. The number of ether oxygens (including phenoxy) is 1. The maximum absolute atomic E-state index is 12.0. The number of alkyl halides is 4. The Morgan fingerprint density at radius 2 is 1.63 bits per heavy atom. The summed E-state index contributed by atoms with van der Waals surface area (Å²) in [6.07, 6.45) is -3.13. The first-order valence-electron chi connectivity index (χ1n) is 6.07. The lowest BCUT2D eigenvalue weighted by atomic mass is 9.88. The van der Waals surface area contributed by atoms with Crippen molar-refractivity contribution in [3.8, 4) is 5.75 Å². The van der Waals surface area contributed by atoms with Gasteiger partial charge in [0.2, 0.25) is 0 Å². The highest BCUT2D eigenvalue weighted by Gasteiger charge is 2.31. The molecular formula is C14H18ClF3O. The largest absolute Gasteiger partial charge is 0.573 e. The van der Waals surface area contributed by atoms with E-state index < -0.39 is 6.36 Å². The molecule has 0 amide bonds. The second kappa shape index (κ2) is 6.04. The van der Waals surface area contributed by atoms with Gasteiger partial charge in [0.15, 0.2) is 0 Å². The third-order valence-electron chi connectivity index (χ3n) is 2.78. The van der Waals surface area contributed by atoms with Gasteiger partial charge in [0, 0.05) is 5.38 Å². The molecule has 0 aromatic heterocycles. The first kappa shape index (κ1) is 16.2. The Labute approximate surface area is 116 Å². The van der Waals surface area contributed by atoms with Gasteiger partial charge < -0.3 is 4.74 Å². The Hall–Kier alpha value is -0.900. The Morgan fingerprint density at radius 1 is 1.11 bits per heavy atom. The molecule has 1 aromatic rings. The van der Waals surface area contributed by atoms with Crippen molar-refractivity contribution in [2.24, 2.45) is 5.41 Å². The van der Waals surface area contributed by atoms with Crippen LogP contribution in [0.15, 0.2) is 24.3 Å². The number of hydrogen-bond acceptors (Lipinski definition) is 1. The Kier molecular flexibility index (Phi) is 5.13. The number of aryl methyl sites for hydroxylation is 1. The van der Waals surface area contributed by atoms with E-state index in [1.807, 2.05) is 0 Å². The fraction of sp³-hybridized carbons (Fsp3) is 0.571. The van der Waals surface area contributed by atoms with Crippen LogP contribution in [0.3, 0.4) is 0 Å². The minimum absolute atomic E-state index is 0.0148. The van der Waals surface area contributed by atoms with E-state index in [1.165, 1.54) is 12.1 Å². The minimum Gasteiger partial charge on any atom is -0.406 e. The smallest absolute Gasteiger partial charge is 0.406 e. The van der Waals surface area contributed by atoms with E-state index in [1.54, 1.807) is 12.1 Å². The highest BCUT2D eigenvalue weighted by atomic mass is 35.5. The van der Waals surface area contributed by atoms with E-state index in [0.717, 1.165) is 18.4 Å². The summed E-state index contributed by atoms with van der Waals surface area (Å²) >= 11 is 6.25. The number of rotatable bonds is 4. The van der Waals surface area contributed by atoms with E-state index in [0.29, 0.717) is 0 Å². The lowest BCUT2D eigenvalue weighted by molar-refractivity contribution is -0.274. The predicted octanol–water partition coefficient (Wildman–Crippen LogP) is 5.17. The number of benzene rings is 1. The van der Waals surface area contributed by atoms with E-state index >= 15 is 0 Å². The Balaban J connectivity index is 2.54. The Morgan fingerprint density at radius 3 is 2.05 bits per heavy atom. The summed E-state index contributed by atoms with van der Waals surface area (Å²) in [6, 6.07) is 5.91. The zero-order valence-corrected chi connectivity index (χ0v) is 12.0. The number of halogens is 4. The summed E-state index contributed by atoms with van der Waals surface area (Å²) in [5, 5.41) is 0.0265. The van der Waals surface area contributed by atoms with Crippen molar-refractivity contribution in [2.45, 2.75) is 45.4 Å². The lowest BCUT2D eigenvalue weighted by Crippen LogP contribution is -2.21. The van der Waals surface area contributed by atoms with Gasteiger partial charge in [-0.2, -0.15) is 0 Å². The zero-order valence-electron chi connectivity index (χ0n) is 11.2. The summed E-state index contributed by atoms with van der Waals surface area (Å²) in [5.41, 5.74) is 0.963. The molecule has 0 aliphatic rings. The monoisotopic (exact) mass is 294 g/mol. The van der Waals surface area contributed by atoms with Gasteiger partial charge in [0.25, 0.3) is 0 Å². The van der Waals surface area contributed by atoms with Crippen molar-refractivity contribution in [2.75, 3.05) is 0 Å². The van der Waals surface area contributed by atoms with E-state index in [9.17, 15) is 13.2 Å². The zero-order chi connectivity index (χ0) is 14.7. The molecule has 0 fully saturated rings. The molecule has 19 heavy (non-hydrogen) atoms. The van der Waals surface area contributed by atoms with Crippen LogP contribution < -0.4 is 4.74 Å². The molecule has 1 nitrogen and oxygen atoms in total. The van der Waals surface area contributed by atoms with E-state index in [-0.39, 0.29) is 16.5 Å². The van der Waals surface area contributed by atoms with Crippen LogP contribution in [-0.4, -0.2) is 11.7 Å². The van der Waals surface area contributed by atoms with Gasteiger partial charge in [-0.3, -0.25) is 0 Å². The lowest BCUT2D eigenvalue weighted by Gasteiger charge is -2.25. The Bertz CT molecular complexity index is 393. The summed E-state index contributed by atoms with van der Waals surface area (Å²) in [4.78, 5) is 0. The summed E-state index contributed by atoms with van der Waals surface area (Å²) in [5.74, 6) is -0.200. The van der Waals surface area contributed by atoms with Crippen LogP contribution >= 0.6 is 11.6 Å². The average molecular weight is 295 g/mol. The summed E-state index contributed by atoms with van der Waals surface area (Å²) in [6.45, 7) is 6.18. The molecule has 0 bridgehead atoms. The molecule has 1 rings (SSSR count). The predicted molar refractivity (Wildman–Crippen MR) is 70.5 cm³/mol. The molecule has 0 saturated heterocycles. The summed E-state index contributed by atoms with van der Waals surface area (Å²) < 4.78 is 39.8. The molecular weight excluding hydrogens is 277 g/mol. The standard InChI is InChI=1S/C14H18ClF3O/c1-13(2,3)12(15)9-6-10-4-7-11(8-5-10)19-14(16,17)18/h4-5,7-8,12H,6,9H2,1-3H3. The topological polar surface area (TPSA) is 9.23 Å². The first-order valence-corrected chi connectivity index (χ1v) is 6.50. The molecule has 0 aliphatic carbocycles. The molecule has 0 radical (unpaired) electrons. The molecule has 0 heterocycles. The van der Waals surface area contributed by atoms with Crippen LogP contribution in [0.5, 0.6) is 5.75 Å². The quantitative estimate of drug-likeness (QED) is 0.696. The third-order valence-corrected chi connectivity index (χ3v) is 3.66. The highest BCUT2D eigenvalue weighted by molar-refractivity contribution is 6.21. The fourth-order valence-corrected chi connectivity index (χ4v) is 1.69. The first-order chi connectivity index (χ1) is 8.58. The third kappa shape index (κ3) is 6.19. The average Bonchev–Trinajstić information content (AvgIpc) is 2.24. The van der Waals surface area contributed by atoms with Crippen LogP contribution in [0, 0.1) is 5.41 Å². The molecule has 1 atom stereocenters. The van der Waals surface area contributed by atoms with Crippen molar-refractivity contribution in [3.05, 3.63) is 29.8 Å². The van der Waals surface area contributed by atoms with Gasteiger partial charge >= 0.3 is 6.36 Å². The van der Waals surface area contributed by atoms with Crippen LogP contribution in [0.4, 0.5) is 13.2 Å². The van der Waals surface area contributed by atoms with Gasteiger partial charge in [-0.1, -0.05) is 32.9 Å². The van der Waals surface area contributed by atoms with Gasteiger partial charge in [0.05, 0.1) is 0 Å². The number of hydrogen-bond donors (Lipinski definition) is 0. The molecule has 5 heteroatoms. The van der Waals surface area contributed by atoms with Crippen molar-refractivity contribution < 1.29 is 17.9 Å². The second-order valence-corrected chi connectivity index (χ2v) is 6.09. The van der Waals surface area contributed by atoms with Crippen LogP contribution in [0.2, 0.25) is 0 Å². The highest BCUT2D eigenvalue weighted by Crippen LogP contribution is 2.28. The van der Waals surface area contributed by atoms with Gasteiger partial charge in [0.1, 0.15) is 5.75 Å². The van der Waals surface area contributed by atoms with Gasteiger partial charge in [-0.15, -0.1) is 24.8 Å². The summed E-state index contributed by atoms with van der Waals surface area (Å²) in [7, 11) is 0. The van der Waals surface area contributed by atoms with Crippen molar-refractivity contribution >= 4 is 11.6 Å². The van der Waals surface area contributed by atoms with E-state index in [4.69, 9.17) is 11.6 Å². The van der Waals surface area contributed by atoms with Crippen molar-refractivity contribution in [1.82, 2.24) is 0 Å². The molecule has 0 aliphatic heterocycles. The van der Waals surface area contributed by atoms with Crippen molar-refractivity contribution in [3.63, 3.8) is 0 Å². The molecule has 1 aromatic carbocycles. The maximum atomic E-state index is 12.0. The molecule has 108 valence electrons. The molecule has 0 saturated carbocycles. The van der Waals surface area contributed by atoms with Crippen LogP contribution in [0.25, 0.3) is 0 Å². The normalized spacial score (nSPS) is 14.3. The van der Waals surface area contributed by atoms with Crippen LogP contribution in [0.1, 0.15) is 32.8 Å². The second-order valence-electron chi connectivity index (χ2n) is 5.56. The van der Waals surface area contributed by atoms with Gasteiger partial charge in [-0.05, 0) is 36.0 Å². The molecule has 0 spiro atoms. The van der Waals surface area contributed by atoms with Crippen LogP contribution in [-0.2, 0) is 6.42 Å². The molecule has 0 N–H and O–H groups in total. The van der Waals surface area contributed by atoms with Crippen molar-refractivity contribution in [1.29, 1.82) is 0 Å². The fourth-order valence-electron chi connectivity index (χ4n) is 1.58. The van der Waals surface area contributed by atoms with E-state index in [2.05, 4.69) is 25.5 Å². The van der Waals surface area contributed by atoms with Gasteiger partial charge in [-0.25, -0.2) is 0 Å². The maximum Gasteiger partial charge on any atom is 0.573 e.